The van der Waals surface area contributed by atoms with Crippen molar-refractivity contribution in [1.29, 1.82) is 0 Å². The molecule has 3 unspecified atom stereocenters. The fourth-order valence-corrected chi connectivity index (χ4v) is 3.85. The van der Waals surface area contributed by atoms with Crippen LogP contribution in [0.1, 0.15) is 57.4 Å². The molecular formula is C25H41N5O3. The molecule has 184 valence electrons. The van der Waals surface area contributed by atoms with E-state index in [1.165, 1.54) is 5.56 Å². The lowest BCUT2D eigenvalue weighted by Gasteiger charge is -2.28. The van der Waals surface area contributed by atoms with Crippen molar-refractivity contribution in [3.63, 3.8) is 0 Å². The van der Waals surface area contributed by atoms with E-state index in [4.69, 9.17) is 0 Å². The Morgan fingerprint density at radius 1 is 1.12 bits per heavy atom. The number of amides is 3. The fourth-order valence-electron chi connectivity index (χ4n) is 3.85. The highest BCUT2D eigenvalue weighted by molar-refractivity contribution is 5.90. The van der Waals surface area contributed by atoms with Gasteiger partial charge >= 0.3 is 0 Å². The van der Waals surface area contributed by atoms with Gasteiger partial charge in [0.05, 0.1) is 6.04 Å². The first-order valence-corrected chi connectivity index (χ1v) is 12.3. The maximum absolute atomic E-state index is 12.6. The Kier molecular flexibility index (Phi) is 12.5. The van der Waals surface area contributed by atoms with Crippen molar-refractivity contribution in [2.45, 2.75) is 76.4 Å². The number of carbonyl (C=O) groups is 3. The highest BCUT2D eigenvalue weighted by Crippen LogP contribution is 2.08. The smallest absolute Gasteiger partial charge is 0.244 e. The Balaban J connectivity index is 1.58. The van der Waals surface area contributed by atoms with Gasteiger partial charge in [0.1, 0.15) is 6.04 Å². The Hall–Kier alpha value is -2.45. The standard InChI is InChI=1S/C25H41N5O3/c1-19(26-2)24(32)30-22-18-27-17-15-21(29-25(22)33)13-9-14-23(31)28-16-8-4-7-12-20-10-5-3-6-11-20/h3,5-6,10-11,19,21-22,26-27H,4,7-9,12-18H2,1-2H3,(H,28,31)(H,29,33)(H,30,32). The zero-order valence-electron chi connectivity index (χ0n) is 20.1. The van der Waals surface area contributed by atoms with Crippen molar-refractivity contribution < 1.29 is 14.4 Å². The molecule has 3 atom stereocenters. The van der Waals surface area contributed by atoms with E-state index in [-0.39, 0.29) is 29.8 Å². The topological polar surface area (TPSA) is 111 Å². The molecule has 1 aromatic rings. The molecule has 8 heteroatoms. The first-order valence-electron chi connectivity index (χ1n) is 12.3. The summed E-state index contributed by atoms with van der Waals surface area (Å²) in [5.41, 5.74) is 1.36. The summed E-state index contributed by atoms with van der Waals surface area (Å²) in [7, 11) is 1.71. The first-order chi connectivity index (χ1) is 16.0. The van der Waals surface area contributed by atoms with Crippen molar-refractivity contribution >= 4 is 17.7 Å². The van der Waals surface area contributed by atoms with E-state index >= 15 is 0 Å². The maximum atomic E-state index is 12.6. The molecule has 33 heavy (non-hydrogen) atoms. The van der Waals surface area contributed by atoms with Crippen molar-refractivity contribution in [3.8, 4) is 0 Å². The maximum Gasteiger partial charge on any atom is 0.244 e. The number of unbranched alkanes of at least 4 members (excludes halogenated alkanes) is 2. The molecule has 1 aliphatic rings. The van der Waals surface area contributed by atoms with Gasteiger partial charge in [-0.2, -0.15) is 0 Å². The monoisotopic (exact) mass is 459 g/mol. The Morgan fingerprint density at radius 2 is 1.91 bits per heavy atom. The number of benzene rings is 1. The minimum Gasteiger partial charge on any atom is -0.356 e. The highest BCUT2D eigenvalue weighted by atomic mass is 16.2. The fraction of sp³-hybridized carbons (Fsp3) is 0.640. The van der Waals surface area contributed by atoms with Crippen molar-refractivity contribution in [3.05, 3.63) is 35.9 Å². The van der Waals surface area contributed by atoms with Gasteiger partial charge in [-0.3, -0.25) is 14.4 Å². The number of aryl methyl sites for hydroxylation is 1. The van der Waals surface area contributed by atoms with Gasteiger partial charge in [0.15, 0.2) is 0 Å². The summed E-state index contributed by atoms with van der Waals surface area (Å²) < 4.78 is 0. The lowest BCUT2D eigenvalue weighted by Crippen LogP contribution is -2.58. The van der Waals surface area contributed by atoms with Gasteiger partial charge in [-0.25, -0.2) is 0 Å². The number of nitrogens with one attached hydrogen (secondary N) is 5. The summed E-state index contributed by atoms with van der Waals surface area (Å²) >= 11 is 0. The summed E-state index contributed by atoms with van der Waals surface area (Å²) in [6.07, 6.45) is 7.03. The average Bonchev–Trinajstić information content (AvgIpc) is 2.81. The number of likely N-dealkylation sites (N-methyl/N-ethyl adjacent to an activating group) is 1. The number of carbonyl (C=O) groups excluding carboxylic acids is 3. The van der Waals surface area contributed by atoms with Crippen LogP contribution in [0.15, 0.2) is 30.3 Å². The molecule has 0 aromatic heterocycles. The molecular weight excluding hydrogens is 418 g/mol. The normalized spacial score (nSPS) is 19.6. The van der Waals surface area contributed by atoms with Gasteiger partial charge in [-0.1, -0.05) is 36.8 Å². The Morgan fingerprint density at radius 3 is 2.67 bits per heavy atom. The Bertz CT molecular complexity index is 728. The van der Waals surface area contributed by atoms with Crippen LogP contribution in [0.4, 0.5) is 0 Å². The summed E-state index contributed by atoms with van der Waals surface area (Å²) in [5.74, 6) is -0.309. The van der Waals surface area contributed by atoms with Gasteiger partial charge < -0.3 is 26.6 Å². The zero-order chi connectivity index (χ0) is 23.9. The molecule has 8 nitrogen and oxygen atoms in total. The van der Waals surface area contributed by atoms with Crippen LogP contribution in [0.25, 0.3) is 0 Å². The van der Waals surface area contributed by atoms with Crippen LogP contribution < -0.4 is 26.6 Å². The molecule has 3 amide bonds. The van der Waals surface area contributed by atoms with E-state index in [0.29, 0.717) is 19.5 Å². The Labute approximate surface area is 198 Å². The van der Waals surface area contributed by atoms with Crippen LogP contribution in [0.5, 0.6) is 0 Å². The van der Waals surface area contributed by atoms with Gasteiger partial charge in [-0.05, 0) is 64.6 Å². The minimum atomic E-state index is -0.596. The van der Waals surface area contributed by atoms with Crippen molar-refractivity contribution in [1.82, 2.24) is 26.6 Å². The summed E-state index contributed by atoms with van der Waals surface area (Å²) in [6, 6.07) is 9.50. The molecule has 0 aliphatic carbocycles. The molecule has 1 saturated heterocycles. The molecule has 1 fully saturated rings. The third-order valence-electron chi connectivity index (χ3n) is 6.09. The van der Waals surface area contributed by atoms with E-state index in [9.17, 15) is 14.4 Å². The lowest BCUT2D eigenvalue weighted by molar-refractivity contribution is -0.130. The molecule has 2 rings (SSSR count). The van der Waals surface area contributed by atoms with Crippen LogP contribution in [-0.2, 0) is 20.8 Å². The van der Waals surface area contributed by atoms with Crippen LogP contribution in [0, 0.1) is 0 Å². The van der Waals surface area contributed by atoms with E-state index in [1.807, 2.05) is 6.07 Å². The number of hydrogen-bond donors (Lipinski definition) is 5. The van der Waals surface area contributed by atoms with E-state index in [1.54, 1.807) is 14.0 Å². The molecule has 0 spiro atoms. The van der Waals surface area contributed by atoms with Crippen molar-refractivity contribution in [2.75, 3.05) is 26.7 Å². The first kappa shape index (κ1) is 26.8. The molecule has 1 aliphatic heterocycles. The van der Waals surface area contributed by atoms with Gasteiger partial charge in [0.2, 0.25) is 17.7 Å². The molecule has 0 radical (unpaired) electrons. The van der Waals surface area contributed by atoms with Crippen LogP contribution in [0.2, 0.25) is 0 Å². The second kappa shape index (κ2) is 15.4. The third kappa shape index (κ3) is 10.8. The second-order valence-electron chi connectivity index (χ2n) is 8.81. The molecule has 0 saturated carbocycles. The molecule has 1 heterocycles. The lowest BCUT2D eigenvalue weighted by atomic mass is 10.0. The van der Waals surface area contributed by atoms with Gasteiger partial charge in [0.25, 0.3) is 0 Å². The summed E-state index contributed by atoms with van der Waals surface area (Å²) in [5, 5.41) is 14.9. The second-order valence-corrected chi connectivity index (χ2v) is 8.81. The zero-order valence-corrected chi connectivity index (χ0v) is 20.1. The summed E-state index contributed by atoms with van der Waals surface area (Å²) in [6.45, 7) is 3.63. The van der Waals surface area contributed by atoms with E-state index in [0.717, 1.165) is 51.5 Å². The highest BCUT2D eigenvalue weighted by Gasteiger charge is 2.26. The summed E-state index contributed by atoms with van der Waals surface area (Å²) in [4.78, 5) is 36.8. The predicted molar refractivity (Wildman–Crippen MR) is 131 cm³/mol. The number of rotatable bonds is 13. The van der Waals surface area contributed by atoms with Crippen molar-refractivity contribution in [2.24, 2.45) is 0 Å². The van der Waals surface area contributed by atoms with Gasteiger partial charge in [0, 0.05) is 25.6 Å². The molecule has 1 aromatic carbocycles. The molecule has 0 bridgehead atoms. The van der Waals surface area contributed by atoms with Gasteiger partial charge in [-0.15, -0.1) is 0 Å². The molecule has 5 N–H and O–H groups in total. The largest absolute Gasteiger partial charge is 0.356 e. The average molecular weight is 460 g/mol. The number of hydrogen-bond acceptors (Lipinski definition) is 5. The third-order valence-corrected chi connectivity index (χ3v) is 6.09. The minimum absolute atomic E-state index is 0.00258. The quantitative estimate of drug-likeness (QED) is 0.285. The van der Waals surface area contributed by atoms with Crippen LogP contribution in [0.3, 0.4) is 0 Å². The SMILES string of the molecule is CNC(C)C(=O)NC1CNCCC(CCCC(=O)NCCCCCc2ccccc2)NC1=O. The van der Waals surface area contributed by atoms with Crippen LogP contribution >= 0.6 is 0 Å². The van der Waals surface area contributed by atoms with Crippen LogP contribution in [-0.4, -0.2) is 62.5 Å². The van der Waals surface area contributed by atoms with E-state index in [2.05, 4.69) is 50.8 Å². The van der Waals surface area contributed by atoms with E-state index < -0.39 is 6.04 Å². The predicted octanol–water partition coefficient (Wildman–Crippen LogP) is 1.26.